The molecule has 1 aromatic carbocycles. The van der Waals surface area contributed by atoms with E-state index in [1.54, 1.807) is 4.90 Å². The molecule has 0 bridgehead atoms. The van der Waals surface area contributed by atoms with Crippen molar-refractivity contribution in [3.05, 3.63) is 34.4 Å². The Morgan fingerprint density at radius 1 is 1.09 bits per heavy atom. The van der Waals surface area contributed by atoms with Gasteiger partial charge in [0.05, 0.1) is 4.92 Å². The minimum absolute atomic E-state index is 0.0294. The van der Waals surface area contributed by atoms with Crippen molar-refractivity contribution < 1.29 is 19.3 Å². The second-order valence-corrected chi connectivity index (χ2v) is 5.03. The minimum Gasteiger partial charge on any atom is -0.339 e. The number of para-hydroxylation sites is 2. The van der Waals surface area contributed by atoms with Gasteiger partial charge in [-0.1, -0.05) is 12.1 Å². The van der Waals surface area contributed by atoms with E-state index in [4.69, 9.17) is 0 Å². The highest BCUT2D eigenvalue weighted by molar-refractivity contribution is 6.39. The average molecular weight is 320 g/mol. The number of hydrogen-bond acceptors (Lipinski definition) is 5. The third-order valence-corrected chi connectivity index (χ3v) is 3.56. The van der Waals surface area contributed by atoms with Gasteiger partial charge in [0.15, 0.2) is 0 Å². The van der Waals surface area contributed by atoms with Gasteiger partial charge in [0, 0.05) is 39.2 Å². The van der Waals surface area contributed by atoms with E-state index in [9.17, 15) is 24.5 Å². The van der Waals surface area contributed by atoms with Crippen LogP contribution in [0.2, 0.25) is 0 Å². The van der Waals surface area contributed by atoms with Crippen molar-refractivity contribution in [1.29, 1.82) is 0 Å². The fraction of sp³-hybridized carbons (Fsp3) is 0.357. The van der Waals surface area contributed by atoms with Crippen molar-refractivity contribution in [1.82, 2.24) is 9.80 Å². The van der Waals surface area contributed by atoms with Crippen molar-refractivity contribution >= 4 is 29.1 Å². The molecule has 0 spiro atoms. The van der Waals surface area contributed by atoms with Crippen LogP contribution in [-0.4, -0.2) is 58.6 Å². The van der Waals surface area contributed by atoms with Gasteiger partial charge in [0.25, 0.3) is 5.69 Å². The maximum absolute atomic E-state index is 12.1. The number of nitro groups is 1. The number of nitro benzene ring substituents is 1. The molecule has 1 aromatic rings. The number of rotatable bonds is 2. The van der Waals surface area contributed by atoms with E-state index in [-0.39, 0.29) is 30.4 Å². The van der Waals surface area contributed by atoms with Crippen LogP contribution in [0.3, 0.4) is 0 Å². The lowest BCUT2D eigenvalue weighted by Crippen LogP contribution is -2.52. The van der Waals surface area contributed by atoms with Gasteiger partial charge in [0.1, 0.15) is 5.69 Å². The van der Waals surface area contributed by atoms with E-state index < -0.39 is 16.7 Å². The minimum atomic E-state index is -0.935. The van der Waals surface area contributed by atoms with Crippen molar-refractivity contribution in [2.24, 2.45) is 0 Å². The topological polar surface area (TPSA) is 113 Å². The molecule has 0 saturated carbocycles. The standard InChI is InChI=1S/C14H16N4O5/c1-10(19)16-6-8-17(9-7-16)14(21)13(20)15-11-4-2-3-5-12(11)18(22)23/h2-5H,6-9H2,1H3,(H,15,20). The predicted molar refractivity (Wildman–Crippen MR) is 80.6 cm³/mol. The second kappa shape index (κ2) is 6.86. The van der Waals surface area contributed by atoms with Crippen molar-refractivity contribution in [2.75, 3.05) is 31.5 Å². The summed E-state index contributed by atoms with van der Waals surface area (Å²) in [5, 5.41) is 13.2. The van der Waals surface area contributed by atoms with E-state index in [0.29, 0.717) is 13.1 Å². The molecule has 1 heterocycles. The van der Waals surface area contributed by atoms with Crippen molar-refractivity contribution in [2.45, 2.75) is 6.92 Å². The first-order chi connectivity index (χ1) is 10.9. The second-order valence-electron chi connectivity index (χ2n) is 5.03. The first-order valence-electron chi connectivity index (χ1n) is 6.99. The van der Waals surface area contributed by atoms with Gasteiger partial charge in [0.2, 0.25) is 5.91 Å². The Labute approximate surface area is 132 Å². The van der Waals surface area contributed by atoms with Crippen LogP contribution in [0.25, 0.3) is 0 Å². The number of nitrogens with zero attached hydrogens (tertiary/aromatic N) is 3. The Bertz CT molecular complexity index is 652. The number of hydrogen-bond donors (Lipinski definition) is 1. The zero-order chi connectivity index (χ0) is 17.0. The van der Waals surface area contributed by atoms with Gasteiger partial charge in [-0.2, -0.15) is 0 Å². The third-order valence-electron chi connectivity index (χ3n) is 3.56. The Morgan fingerprint density at radius 3 is 2.22 bits per heavy atom. The molecular weight excluding hydrogens is 304 g/mol. The Morgan fingerprint density at radius 2 is 1.65 bits per heavy atom. The molecule has 9 nitrogen and oxygen atoms in total. The highest BCUT2D eigenvalue weighted by Crippen LogP contribution is 2.23. The summed E-state index contributed by atoms with van der Waals surface area (Å²) in [6, 6.07) is 5.60. The Balaban J connectivity index is 2.00. The summed E-state index contributed by atoms with van der Waals surface area (Å²) in [6.07, 6.45) is 0. The molecule has 1 aliphatic heterocycles. The lowest BCUT2D eigenvalue weighted by atomic mass is 10.2. The molecule has 1 saturated heterocycles. The molecule has 0 aromatic heterocycles. The molecule has 23 heavy (non-hydrogen) atoms. The summed E-state index contributed by atoms with van der Waals surface area (Å²) in [7, 11) is 0. The first kappa shape index (κ1) is 16.4. The third kappa shape index (κ3) is 3.82. The van der Waals surface area contributed by atoms with Crippen molar-refractivity contribution in [3.63, 3.8) is 0 Å². The summed E-state index contributed by atoms with van der Waals surface area (Å²) in [4.78, 5) is 48.5. The molecule has 1 N–H and O–H groups in total. The fourth-order valence-electron chi connectivity index (χ4n) is 2.28. The number of amides is 3. The van der Waals surface area contributed by atoms with Crippen LogP contribution < -0.4 is 5.32 Å². The molecule has 0 aliphatic carbocycles. The molecule has 3 amide bonds. The Kier molecular flexibility index (Phi) is 4.89. The highest BCUT2D eigenvalue weighted by atomic mass is 16.6. The van der Waals surface area contributed by atoms with Gasteiger partial charge >= 0.3 is 11.8 Å². The number of piperazine rings is 1. The van der Waals surface area contributed by atoms with E-state index >= 15 is 0 Å². The molecule has 9 heteroatoms. The maximum atomic E-state index is 12.1. The summed E-state index contributed by atoms with van der Waals surface area (Å²) >= 11 is 0. The molecule has 0 unspecified atom stereocenters. The van der Waals surface area contributed by atoms with Crippen LogP contribution in [0.5, 0.6) is 0 Å². The lowest BCUT2D eigenvalue weighted by molar-refractivity contribution is -0.383. The molecule has 2 rings (SSSR count). The van der Waals surface area contributed by atoms with Crippen LogP contribution in [0.1, 0.15) is 6.92 Å². The van der Waals surface area contributed by atoms with Crippen molar-refractivity contribution in [3.8, 4) is 0 Å². The zero-order valence-electron chi connectivity index (χ0n) is 12.5. The summed E-state index contributed by atoms with van der Waals surface area (Å²) in [5.41, 5.74) is -0.312. The van der Waals surface area contributed by atoms with E-state index in [2.05, 4.69) is 5.32 Å². The van der Waals surface area contributed by atoms with Crippen LogP contribution in [0, 0.1) is 10.1 Å². The molecule has 122 valence electrons. The Hall–Kier alpha value is -2.97. The normalized spacial score (nSPS) is 14.3. The van der Waals surface area contributed by atoms with Gasteiger partial charge in [-0.25, -0.2) is 0 Å². The van der Waals surface area contributed by atoms with Gasteiger partial charge in [-0.15, -0.1) is 0 Å². The number of carbonyl (C=O) groups is 3. The van der Waals surface area contributed by atoms with Crippen LogP contribution in [0.15, 0.2) is 24.3 Å². The van der Waals surface area contributed by atoms with Crippen LogP contribution in [-0.2, 0) is 14.4 Å². The number of nitrogens with one attached hydrogen (secondary N) is 1. The summed E-state index contributed by atoms with van der Waals surface area (Å²) in [5.74, 6) is -1.79. The molecule has 0 radical (unpaired) electrons. The van der Waals surface area contributed by atoms with Gasteiger partial charge in [-0.3, -0.25) is 24.5 Å². The van der Waals surface area contributed by atoms with Gasteiger partial charge in [-0.05, 0) is 6.07 Å². The largest absolute Gasteiger partial charge is 0.339 e. The van der Waals surface area contributed by atoms with E-state index in [0.717, 1.165) is 0 Å². The van der Waals surface area contributed by atoms with E-state index in [1.807, 2.05) is 0 Å². The SMILES string of the molecule is CC(=O)N1CCN(C(=O)C(=O)Nc2ccccc2[N+](=O)[O-])CC1. The summed E-state index contributed by atoms with van der Waals surface area (Å²) in [6.45, 7) is 2.67. The molecule has 0 atom stereocenters. The van der Waals surface area contributed by atoms with Gasteiger partial charge < -0.3 is 15.1 Å². The zero-order valence-corrected chi connectivity index (χ0v) is 12.5. The highest BCUT2D eigenvalue weighted by Gasteiger charge is 2.28. The monoisotopic (exact) mass is 320 g/mol. The quantitative estimate of drug-likeness (QED) is 0.476. The summed E-state index contributed by atoms with van der Waals surface area (Å²) < 4.78 is 0. The average Bonchev–Trinajstić information content (AvgIpc) is 2.54. The predicted octanol–water partition coefficient (Wildman–Crippen LogP) is 0.224. The lowest BCUT2D eigenvalue weighted by Gasteiger charge is -2.33. The smallest absolute Gasteiger partial charge is 0.314 e. The molecular formula is C14H16N4O5. The maximum Gasteiger partial charge on any atom is 0.314 e. The first-order valence-corrected chi connectivity index (χ1v) is 6.99. The number of carbonyl (C=O) groups excluding carboxylic acids is 3. The fourth-order valence-corrected chi connectivity index (χ4v) is 2.28. The molecule has 1 aliphatic rings. The molecule has 1 fully saturated rings. The number of anilines is 1. The van der Waals surface area contributed by atoms with E-state index in [1.165, 1.54) is 36.1 Å². The van der Waals surface area contributed by atoms with Crippen LogP contribution >= 0.6 is 0 Å². The van der Waals surface area contributed by atoms with Crippen LogP contribution in [0.4, 0.5) is 11.4 Å². The number of benzene rings is 1.